The van der Waals surface area contributed by atoms with E-state index < -0.39 is 0 Å². The maximum Gasteiger partial charge on any atom is 0.267 e. The Morgan fingerprint density at radius 2 is 1.93 bits per heavy atom. The van der Waals surface area contributed by atoms with Crippen LogP contribution in [0.25, 0.3) is 16.6 Å². The third-order valence-corrected chi connectivity index (χ3v) is 5.12. The molecular weight excluding hydrogens is 398 g/mol. The summed E-state index contributed by atoms with van der Waals surface area (Å²) in [5.74, 6) is 0.513. The van der Waals surface area contributed by atoms with Crippen LogP contribution in [0.1, 0.15) is 30.0 Å². The van der Waals surface area contributed by atoms with Gasteiger partial charge in [-0.1, -0.05) is 35.9 Å². The zero-order chi connectivity index (χ0) is 21.3. The summed E-state index contributed by atoms with van der Waals surface area (Å²) in [4.78, 5) is 22.4. The molecule has 2 aromatic carbocycles. The summed E-state index contributed by atoms with van der Waals surface area (Å²) >= 11 is 6.33. The van der Waals surface area contributed by atoms with E-state index in [1.54, 1.807) is 28.8 Å². The highest BCUT2D eigenvalue weighted by molar-refractivity contribution is 6.35. The average molecular weight is 416 g/mol. The number of nitriles is 1. The van der Waals surface area contributed by atoms with E-state index in [9.17, 15) is 10.1 Å². The van der Waals surface area contributed by atoms with E-state index in [2.05, 4.69) is 16.4 Å². The topological polar surface area (TPSA) is 83.6 Å². The predicted octanol–water partition coefficient (Wildman–Crippen LogP) is 4.79. The number of nitrogens with zero attached hydrogens (tertiary/aromatic N) is 4. The molecule has 0 aliphatic rings. The summed E-state index contributed by atoms with van der Waals surface area (Å²) in [7, 11) is 0. The summed E-state index contributed by atoms with van der Waals surface area (Å²) in [6.45, 7) is 3.75. The van der Waals surface area contributed by atoms with Gasteiger partial charge < -0.3 is 5.32 Å². The molecule has 4 rings (SSSR count). The number of aromatic nitrogens is 3. The zero-order valence-electron chi connectivity index (χ0n) is 16.4. The molecule has 2 heterocycles. The molecular formula is C23H18ClN5O. The first-order chi connectivity index (χ1) is 14.5. The first-order valence-electron chi connectivity index (χ1n) is 9.39. The molecule has 1 N–H and O–H groups in total. The van der Waals surface area contributed by atoms with Crippen molar-refractivity contribution in [1.82, 2.24) is 14.5 Å². The minimum atomic E-state index is -0.379. The lowest BCUT2D eigenvalue weighted by Gasteiger charge is -2.21. The van der Waals surface area contributed by atoms with Gasteiger partial charge in [0.1, 0.15) is 11.9 Å². The standard InChI is InChI=1S/C23H18ClN5O/c1-14-11-20(16(12-25)13-26-14)27-15(2)22-28-19-10-6-9-18(24)21(19)23(30)29(22)17-7-4-3-5-8-17/h3-11,13,15H,1-2H3,(H,26,27). The Labute approximate surface area is 178 Å². The Bertz CT molecular complexity index is 1340. The number of benzene rings is 2. The second kappa shape index (κ2) is 7.97. The number of fused-ring (bicyclic) bond motifs is 1. The SMILES string of the molecule is Cc1cc(NC(C)c2nc3cccc(Cl)c3c(=O)n2-c2ccccc2)c(C#N)cn1. The Hall–Kier alpha value is -3.69. The van der Waals surface area contributed by atoms with Crippen LogP contribution in [0.3, 0.4) is 0 Å². The molecule has 0 aliphatic carbocycles. The van der Waals surface area contributed by atoms with Crippen LogP contribution in [-0.4, -0.2) is 14.5 Å². The van der Waals surface area contributed by atoms with Gasteiger partial charge in [-0.3, -0.25) is 14.3 Å². The number of nitrogens with one attached hydrogen (secondary N) is 1. The second-order valence-corrected chi connectivity index (χ2v) is 7.34. The van der Waals surface area contributed by atoms with Gasteiger partial charge in [0.2, 0.25) is 0 Å². The molecule has 6 nitrogen and oxygen atoms in total. The van der Waals surface area contributed by atoms with Gasteiger partial charge in [-0.2, -0.15) is 5.26 Å². The van der Waals surface area contributed by atoms with E-state index >= 15 is 0 Å². The van der Waals surface area contributed by atoms with Gasteiger partial charge in [0, 0.05) is 11.9 Å². The van der Waals surface area contributed by atoms with Crippen LogP contribution < -0.4 is 10.9 Å². The van der Waals surface area contributed by atoms with Gasteiger partial charge in [-0.15, -0.1) is 0 Å². The normalized spacial score (nSPS) is 11.8. The fraction of sp³-hybridized carbons (Fsp3) is 0.130. The smallest absolute Gasteiger partial charge is 0.267 e. The van der Waals surface area contributed by atoms with Crippen molar-refractivity contribution >= 4 is 28.2 Å². The van der Waals surface area contributed by atoms with E-state index in [0.717, 1.165) is 5.69 Å². The van der Waals surface area contributed by atoms with Crippen LogP contribution in [0.15, 0.2) is 65.6 Å². The van der Waals surface area contributed by atoms with Crippen LogP contribution in [0.4, 0.5) is 5.69 Å². The lowest BCUT2D eigenvalue weighted by Crippen LogP contribution is -2.27. The van der Waals surface area contributed by atoms with Crippen molar-refractivity contribution in [2.75, 3.05) is 5.32 Å². The third-order valence-electron chi connectivity index (χ3n) is 4.81. The number of anilines is 1. The van der Waals surface area contributed by atoms with Crippen molar-refractivity contribution in [1.29, 1.82) is 5.26 Å². The molecule has 4 aromatic rings. The van der Waals surface area contributed by atoms with Crippen LogP contribution >= 0.6 is 11.6 Å². The molecule has 7 heteroatoms. The lowest BCUT2D eigenvalue weighted by molar-refractivity contribution is 0.734. The fourth-order valence-electron chi connectivity index (χ4n) is 3.39. The molecule has 0 bridgehead atoms. The van der Waals surface area contributed by atoms with E-state index in [0.29, 0.717) is 38.7 Å². The molecule has 30 heavy (non-hydrogen) atoms. The Balaban J connectivity index is 1.93. The van der Waals surface area contributed by atoms with E-state index in [1.807, 2.05) is 44.2 Å². The average Bonchev–Trinajstić information content (AvgIpc) is 2.74. The Morgan fingerprint density at radius 3 is 2.67 bits per heavy atom. The number of para-hydroxylation sites is 1. The lowest BCUT2D eigenvalue weighted by atomic mass is 10.1. The Kier molecular flexibility index (Phi) is 5.21. The molecule has 0 fully saturated rings. The largest absolute Gasteiger partial charge is 0.374 e. The molecule has 2 aromatic heterocycles. The molecule has 1 unspecified atom stereocenters. The van der Waals surface area contributed by atoms with Gasteiger partial charge >= 0.3 is 0 Å². The molecule has 0 saturated carbocycles. The molecule has 1 atom stereocenters. The summed E-state index contributed by atoms with van der Waals surface area (Å²) in [6, 6.07) is 18.1. The van der Waals surface area contributed by atoms with Crippen molar-refractivity contribution in [3.63, 3.8) is 0 Å². The minimum absolute atomic E-state index is 0.244. The number of rotatable bonds is 4. The van der Waals surface area contributed by atoms with Gasteiger partial charge in [0.05, 0.1) is 38.9 Å². The molecule has 0 spiro atoms. The van der Waals surface area contributed by atoms with Crippen LogP contribution in [-0.2, 0) is 0 Å². The highest BCUT2D eigenvalue weighted by atomic mass is 35.5. The summed E-state index contributed by atoms with van der Waals surface area (Å²) < 4.78 is 1.56. The predicted molar refractivity (Wildman–Crippen MR) is 118 cm³/mol. The van der Waals surface area contributed by atoms with Crippen molar-refractivity contribution in [3.05, 3.63) is 93.3 Å². The van der Waals surface area contributed by atoms with Gasteiger partial charge in [0.15, 0.2) is 0 Å². The number of aryl methyl sites for hydroxylation is 1. The highest BCUT2D eigenvalue weighted by Gasteiger charge is 2.20. The van der Waals surface area contributed by atoms with Gasteiger partial charge in [-0.25, -0.2) is 4.98 Å². The second-order valence-electron chi connectivity index (χ2n) is 6.93. The van der Waals surface area contributed by atoms with Crippen LogP contribution in [0.5, 0.6) is 0 Å². The molecule has 0 radical (unpaired) electrons. The number of pyridine rings is 1. The van der Waals surface area contributed by atoms with E-state index in [-0.39, 0.29) is 11.6 Å². The van der Waals surface area contributed by atoms with Crippen molar-refractivity contribution in [2.24, 2.45) is 0 Å². The highest BCUT2D eigenvalue weighted by Crippen LogP contribution is 2.26. The van der Waals surface area contributed by atoms with Crippen molar-refractivity contribution in [2.45, 2.75) is 19.9 Å². The van der Waals surface area contributed by atoms with E-state index in [1.165, 1.54) is 6.20 Å². The summed E-state index contributed by atoms with van der Waals surface area (Å²) in [5, 5.41) is 13.5. The molecule has 0 saturated heterocycles. The molecule has 148 valence electrons. The molecule has 0 amide bonds. The maximum absolute atomic E-state index is 13.5. The molecule has 0 aliphatic heterocycles. The Morgan fingerprint density at radius 1 is 1.17 bits per heavy atom. The summed E-state index contributed by atoms with van der Waals surface area (Å²) in [5.41, 5.74) is 2.80. The monoisotopic (exact) mass is 415 g/mol. The maximum atomic E-state index is 13.5. The van der Waals surface area contributed by atoms with Crippen LogP contribution in [0, 0.1) is 18.3 Å². The number of hydrogen-bond acceptors (Lipinski definition) is 5. The minimum Gasteiger partial charge on any atom is -0.374 e. The zero-order valence-corrected chi connectivity index (χ0v) is 17.2. The fourth-order valence-corrected chi connectivity index (χ4v) is 3.64. The van der Waals surface area contributed by atoms with E-state index in [4.69, 9.17) is 16.6 Å². The number of hydrogen-bond donors (Lipinski definition) is 1. The summed E-state index contributed by atoms with van der Waals surface area (Å²) in [6.07, 6.45) is 1.53. The van der Waals surface area contributed by atoms with Crippen LogP contribution in [0.2, 0.25) is 5.02 Å². The first kappa shape index (κ1) is 19.6. The third kappa shape index (κ3) is 3.51. The van der Waals surface area contributed by atoms with Gasteiger partial charge in [-0.05, 0) is 44.2 Å². The quantitative estimate of drug-likeness (QED) is 0.518. The number of halogens is 1. The first-order valence-corrected chi connectivity index (χ1v) is 9.77. The van der Waals surface area contributed by atoms with Gasteiger partial charge in [0.25, 0.3) is 5.56 Å². The van der Waals surface area contributed by atoms with Crippen molar-refractivity contribution < 1.29 is 0 Å². The van der Waals surface area contributed by atoms with Crippen molar-refractivity contribution in [3.8, 4) is 11.8 Å².